The third-order valence-electron chi connectivity index (χ3n) is 4.67. The topological polar surface area (TPSA) is 88.5 Å². The zero-order valence-electron chi connectivity index (χ0n) is 16.8. The standard InChI is InChI=1S/C20H22FN3O4S2/c1-4-15(24(30(3,27)28)16-9-7-6-8-14(16)21)19(25)22-13-10-11-17-18(12-13)29-20(26)23(17)5-2/h6-12,15H,4-5H2,1-3H3,(H,22,25)/t15-/m0/s1. The van der Waals surface area contributed by atoms with Gasteiger partial charge in [0.05, 0.1) is 22.2 Å². The number of thiazole rings is 1. The fourth-order valence-corrected chi connectivity index (χ4v) is 5.54. The number of hydrogen-bond donors (Lipinski definition) is 1. The molecule has 2 aromatic carbocycles. The van der Waals surface area contributed by atoms with Gasteiger partial charge in [-0.15, -0.1) is 0 Å². The second-order valence-electron chi connectivity index (χ2n) is 6.72. The number of nitrogens with zero attached hydrogens (tertiary/aromatic N) is 2. The molecule has 0 aliphatic rings. The molecule has 1 N–H and O–H groups in total. The smallest absolute Gasteiger partial charge is 0.308 e. The number of benzene rings is 2. The molecule has 3 rings (SSSR count). The molecular weight excluding hydrogens is 429 g/mol. The van der Waals surface area contributed by atoms with Gasteiger partial charge in [0.1, 0.15) is 11.9 Å². The Morgan fingerprint density at radius 2 is 1.93 bits per heavy atom. The highest BCUT2D eigenvalue weighted by atomic mass is 32.2. The number of fused-ring (bicyclic) bond motifs is 1. The van der Waals surface area contributed by atoms with Gasteiger partial charge in [0.2, 0.25) is 15.9 Å². The molecule has 0 aliphatic carbocycles. The molecule has 1 amide bonds. The first-order valence-corrected chi connectivity index (χ1v) is 12.0. The largest absolute Gasteiger partial charge is 0.324 e. The number of carbonyl (C=O) groups is 1. The first kappa shape index (κ1) is 22.0. The highest BCUT2D eigenvalue weighted by Gasteiger charge is 2.33. The number of para-hydroxylation sites is 1. The predicted molar refractivity (Wildman–Crippen MR) is 118 cm³/mol. The molecule has 0 saturated heterocycles. The Kier molecular flexibility index (Phi) is 6.27. The summed E-state index contributed by atoms with van der Waals surface area (Å²) in [5.41, 5.74) is 1.01. The van der Waals surface area contributed by atoms with Gasteiger partial charge in [-0.2, -0.15) is 0 Å². The van der Waals surface area contributed by atoms with E-state index in [2.05, 4.69) is 5.32 Å². The fraction of sp³-hybridized carbons (Fsp3) is 0.300. The second-order valence-corrected chi connectivity index (χ2v) is 9.57. The van der Waals surface area contributed by atoms with Crippen LogP contribution in [0.3, 0.4) is 0 Å². The Bertz CT molecular complexity index is 1250. The Labute approximate surface area is 177 Å². The molecule has 0 saturated carbocycles. The molecule has 1 aromatic heterocycles. The van der Waals surface area contributed by atoms with Crippen molar-refractivity contribution in [2.75, 3.05) is 15.9 Å². The van der Waals surface area contributed by atoms with E-state index in [0.717, 1.165) is 33.5 Å². The maximum absolute atomic E-state index is 14.3. The van der Waals surface area contributed by atoms with Gasteiger partial charge in [0.15, 0.2) is 0 Å². The maximum Gasteiger partial charge on any atom is 0.308 e. The lowest BCUT2D eigenvalue weighted by Crippen LogP contribution is -2.47. The third kappa shape index (κ3) is 4.24. The zero-order chi connectivity index (χ0) is 22.1. The van der Waals surface area contributed by atoms with Gasteiger partial charge in [-0.25, -0.2) is 12.8 Å². The van der Waals surface area contributed by atoms with Gasteiger partial charge in [-0.1, -0.05) is 30.4 Å². The van der Waals surface area contributed by atoms with Crippen LogP contribution in [0.5, 0.6) is 0 Å². The molecule has 1 atom stereocenters. The summed E-state index contributed by atoms with van der Waals surface area (Å²) in [4.78, 5) is 24.9. The highest BCUT2D eigenvalue weighted by Crippen LogP contribution is 2.27. The molecule has 0 spiro atoms. The number of halogens is 1. The minimum Gasteiger partial charge on any atom is -0.324 e. The van der Waals surface area contributed by atoms with Gasteiger partial charge in [-0.05, 0) is 43.7 Å². The van der Waals surface area contributed by atoms with Crippen LogP contribution in [0.4, 0.5) is 15.8 Å². The molecule has 1 heterocycles. The molecular formula is C20H22FN3O4S2. The molecule has 7 nitrogen and oxygen atoms in total. The van der Waals surface area contributed by atoms with Crippen LogP contribution in [0.15, 0.2) is 47.3 Å². The summed E-state index contributed by atoms with van der Waals surface area (Å²) in [5, 5.41) is 2.70. The van der Waals surface area contributed by atoms with E-state index >= 15 is 0 Å². The molecule has 10 heteroatoms. The normalized spacial score (nSPS) is 12.7. The van der Waals surface area contributed by atoms with Gasteiger partial charge >= 0.3 is 4.87 Å². The Balaban J connectivity index is 1.96. The second kappa shape index (κ2) is 8.57. The number of rotatable bonds is 7. The molecule has 0 bridgehead atoms. The average molecular weight is 452 g/mol. The van der Waals surface area contributed by atoms with Gasteiger partial charge in [-0.3, -0.25) is 18.5 Å². The van der Waals surface area contributed by atoms with Crippen LogP contribution in [0.2, 0.25) is 0 Å². The van der Waals surface area contributed by atoms with Crippen molar-refractivity contribution >= 4 is 48.9 Å². The van der Waals surface area contributed by atoms with Crippen molar-refractivity contribution in [2.45, 2.75) is 32.9 Å². The van der Waals surface area contributed by atoms with Crippen molar-refractivity contribution in [3.63, 3.8) is 0 Å². The van der Waals surface area contributed by atoms with Gasteiger partial charge in [0.25, 0.3) is 0 Å². The van der Waals surface area contributed by atoms with Crippen LogP contribution in [0.1, 0.15) is 20.3 Å². The number of aryl methyl sites for hydroxylation is 1. The zero-order valence-corrected chi connectivity index (χ0v) is 18.4. The summed E-state index contributed by atoms with van der Waals surface area (Å²) in [6.07, 6.45) is 1.07. The number of amides is 1. The molecule has 0 radical (unpaired) electrons. The van der Waals surface area contributed by atoms with E-state index in [1.807, 2.05) is 6.92 Å². The number of nitrogens with one attached hydrogen (secondary N) is 1. The SMILES string of the molecule is CC[C@@H](C(=O)Nc1ccc2c(c1)sc(=O)n2CC)N(c1ccccc1F)S(C)(=O)=O. The first-order valence-electron chi connectivity index (χ1n) is 9.35. The summed E-state index contributed by atoms with van der Waals surface area (Å²) < 4.78 is 42.3. The van der Waals surface area contributed by atoms with Crippen LogP contribution in [0, 0.1) is 5.82 Å². The van der Waals surface area contributed by atoms with Crippen molar-refractivity contribution in [2.24, 2.45) is 0 Å². The number of anilines is 2. The van der Waals surface area contributed by atoms with Crippen LogP contribution in [0.25, 0.3) is 10.2 Å². The molecule has 160 valence electrons. The van der Waals surface area contributed by atoms with Crippen LogP contribution in [-0.2, 0) is 21.4 Å². The Morgan fingerprint density at radius 1 is 1.23 bits per heavy atom. The summed E-state index contributed by atoms with van der Waals surface area (Å²) >= 11 is 1.07. The summed E-state index contributed by atoms with van der Waals surface area (Å²) in [6.45, 7) is 4.06. The minimum atomic E-state index is -3.94. The van der Waals surface area contributed by atoms with E-state index in [1.54, 1.807) is 29.7 Å². The van der Waals surface area contributed by atoms with Crippen LogP contribution in [-0.4, -0.2) is 31.2 Å². The van der Waals surface area contributed by atoms with E-state index in [9.17, 15) is 22.4 Å². The van der Waals surface area contributed by atoms with Crippen molar-refractivity contribution in [1.82, 2.24) is 4.57 Å². The monoisotopic (exact) mass is 451 g/mol. The first-order chi connectivity index (χ1) is 14.2. The van der Waals surface area contributed by atoms with E-state index in [-0.39, 0.29) is 17.0 Å². The van der Waals surface area contributed by atoms with Crippen LogP contribution < -0.4 is 14.5 Å². The lowest BCUT2D eigenvalue weighted by Gasteiger charge is -2.30. The lowest BCUT2D eigenvalue weighted by atomic mass is 10.1. The number of aromatic nitrogens is 1. The van der Waals surface area contributed by atoms with Crippen molar-refractivity contribution in [3.05, 3.63) is 57.9 Å². The quantitative estimate of drug-likeness (QED) is 0.596. The van der Waals surface area contributed by atoms with E-state index < -0.39 is 27.8 Å². The molecule has 3 aromatic rings. The minimum absolute atomic E-state index is 0.0924. The van der Waals surface area contributed by atoms with E-state index in [4.69, 9.17) is 0 Å². The predicted octanol–water partition coefficient (Wildman–Crippen LogP) is 3.41. The average Bonchev–Trinajstić information content (AvgIpc) is 2.99. The fourth-order valence-electron chi connectivity index (χ4n) is 3.33. The highest BCUT2D eigenvalue weighted by molar-refractivity contribution is 7.92. The van der Waals surface area contributed by atoms with Gasteiger partial charge < -0.3 is 5.32 Å². The van der Waals surface area contributed by atoms with Gasteiger partial charge in [0, 0.05) is 12.2 Å². The number of carbonyl (C=O) groups excluding carboxylic acids is 1. The number of hydrogen-bond acceptors (Lipinski definition) is 5. The van der Waals surface area contributed by atoms with Crippen molar-refractivity contribution in [1.29, 1.82) is 0 Å². The van der Waals surface area contributed by atoms with E-state index in [1.165, 1.54) is 18.2 Å². The molecule has 0 aliphatic heterocycles. The number of sulfonamides is 1. The van der Waals surface area contributed by atoms with Crippen LogP contribution >= 0.6 is 11.3 Å². The van der Waals surface area contributed by atoms with Crippen molar-refractivity contribution in [3.8, 4) is 0 Å². The Hall–Kier alpha value is -2.72. The maximum atomic E-state index is 14.3. The molecule has 0 unspecified atom stereocenters. The summed E-state index contributed by atoms with van der Waals surface area (Å²) in [7, 11) is -3.94. The third-order valence-corrected chi connectivity index (χ3v) is 6.78. The summed E-state index contributed by atoms with van der Waals surface area (Å²) in [5.74, 6) is -1.32. The Morgan fingerprint density at radius 3 is 2.53 bits per heavy atom. The lowest BCUT2D eigenvalue weighted by molar-refractivity contribution is -0.117. The molecule has 30 heavy (non-hydrogen) atoms. The molecule has 0 fully saturated rings. The van der Waals surface area contributed by atoms with Crippen molar-refractivity contribution < 1.29 is 17.6 Å². The summed E-state index contributed by atoms with van der Waals surface area (Å²) in [6, 6.07) is 9.34. The van der Waals surface area contributed by atoms with E-state index in [0.29, 0.717) is 16.9 Å².